The number of hydrogen-bond acceptors (Lipinski definition) is 3. The van der Waals surface area contributed by atoms with E-state index in [1.54, 1.807) is 0 Å². The summed E-state index contributed by atoms with van der Waals surface area (Å²) in [7, 11) is 2.00. The third kappa shape index (κ3) is 3.55. The van der Waals surface area contributed by atoms with Crippen molar-refractivity contribution < 1.29 is 4.79 Å². The van der Waals surface area contributed by atoms with Crippen molar-refractivity contribution in [2.75, 3.05) is 26.7 Å². The molecule has 0 aliphatic carbocycles. The molecule has 1 aromatic carbocycles. The summed E-state index contributed by atoms with van der Waals surface area (Å²) in [6.07, 6.45) is 0. The lowest BCUT2D eigenvalue weighted by Gasteiger charge is -2.31. The number of hydrogen-bond donors (Lipinski definition) is 2. The molecule has 19 heavy (non-hydrogen) atoms. The van der Waals surface area contributed by atoms with E-state index in [9.17, 15) is 4.79 Å². The molecule has 0 aromatic heterocycles. The lowest BCUT2D eigenvalue weighted by molar-refractivity contribution is -0.126. The Morgan fingerprint density at radius 1 is 1.47 bits per heavy atom. The Morgan fingerprint density at radius 3 is 3.00 bits per heavy atom. The predicted molar refractivity (Wildman–Crippen MR) is 77.1 cm³/mol. The van der Waals surface area contributed by atoms with Gasteiger partial charge in [-0.3, -0.25) is 9.69 Å². The minimum Gasteiger partial charge on any atom is -0.351 e. The van der Waals surface area contributed by atoms with Gasteiger partial charge in [-0.05, 0) is 32.0 Å². The first-order valence-corrected chi connectivity index (χ1v) is 6.82. The Morgan fingerprint density at radius 2 is 2.26 bits per heavy atom. The summed E-state index contributed by atoms with van der Waals surface area (Å²) < 4.78 is 0. The van der Waals surface area contributed by atoms with E-state index in [1.807, 2.05) is 7.05 Å². The minimum absolute atomic E-state index is 0.0566. The van der Waals surface area contributed by atoms with Gasteiger partial charge >= 0.3 is 0 Å². The molecule has 1 heterocycles. The SMILES string of the molecule is Cc1ccc(C)c(CNC(=O)C2CNCCN2C)c1. The van der Waals surface area contributed by atoms with Crippen LogP contribution < -0.4 is 10.6 Å². The fraction of sp³-hybridized carbons (Fsp3) is 0.533. The summed E-state index contributed by atoms with van der Waals surface area (Å²) in [5.41, 5.74) is 3.65. The van der Waals surface area contributed by atoms with Crippen molar-refractivity contribution in [2.24, 2.45) is 0 Å². The number of nitrogens with one attached hydrogen (secondary N) is 2. The fourth-order valence-electron chi connectivity index (χ4n) is 2.39. The Labute approximate surface area is 115 Å². The molecule has 1 aliphatic heterocycles. The molecule has 1 atom stereocenters. The van der Waals surface area contributed by atoms with E-state index in [-0.39, 0.29) is 11.9 Å². The van der Waals surface area contributed by atoms with Gasteiger partial charge in [0, 0.05) is 26.2 Å². The van der Waals surface area contributed by atoms with Gasteiger partial charge in [0.15, 0.2) is 0 Å². The Bertz CT molecular complexity index is 459. The van der Waals surface area contributed by atoms with Gasteiger partial charge in [0.25, 0.3) is 0 Å². The van der Waals surface area contributed by atoms with Crippen LogP contribution in [0.2, 0.25) is 0 Å². The predicted octanol–water partition coefficient (Wildman–Crippen LogP) is 0.823. The van der Waals surface area contributed by atoms with E-state index >= 15 is 0 Å². The van der Waals surface area contributed by atoms with Crippen molar-refractivity contribution in [2.45, 2.75) is 26.4 Å². The number of carbonyl (C=O) groups excluding carboxylic acids is 1. The largest absolute Gasteiger partial charge is 0.351 e. The van der Waals surface area contributed by atoms with Crippen LogP contribution in [0.5, 0.6) is 0 Å². The minimum atomic E-state index is -0.0566. The molecule has 0 bridgehead atoms. The van der Waals surface area contributed by atoms with Gasteiger partial charge in [0.1, 0.15) is 6.04 Å². The second-order valence-corrected chi connectivity index (χ2v) is 5.35. The zero-order chi connectivity index (χ0) is 13.8. The highest BCUT2D eigenvalue weighted by Crippen LogP contribution is 2.10. The molecule has 1 aliphatic rings. The Hall–Kier alpha value is -1.39. The Balaban J connectivity index is 1.94. The molecule has 2 N–H and O–H groups in total. The highest BCUT2D eigenvalue weighted by Gasteiger charge is 2.25. The fourth-order valence-corrected chi connectivity index (χ4v) is 2.39. The first-order valence-electron chi connectivity index (χ1n) is 6.82. The van der Waals surface area contributed by atoms with Gasteiger partial charge < -0.3 is 10.6 Å². The summed E-state index contributed by atoms with van der Waals surface area (Å²) in [4.78, 5) is 14.3. The monoisotopic (exact) mass is 261 g/mol. The third-order valence-corrected chi connectivity index (χ3v) is 3.77. The van der Waals surface area contributed by atoms with Crippen LogP contribution in [0.1, 0.15) is 16.7 Å². The number of benzene rings is 1. The zero-order valence-corrected chi connectivity index (χ0v) is 12.0. The summed E-state index contributed by atoms with van der Waals surface area (Å²) in [6.45, 7) is 7.36. The van der Waals surface area contributed by atoms with Crippen LogP contribution in [0.4, 0.5) is 0 Å². The van der Waals surface area contributed by atoms with Crippen LogP contribution >= 0.6 is 0 Å². The second kappa shape index (κ2) is 6.17. The van der Waals surface area contributed by atoms with E-state index in [2.05, 4.69) is 47.6 Å². The number of nitrogens with zero attached hydrogens (tertiary/aromatic N) is 1. The van der Waals surface area contributed by atoms with Gasteiger partial charge in [-0.15, -0.1) is 0 Å². The highest BCUT2D eigenvalue weighted by atomic mass is 16.2. The van der Waals surface area contributed by atoms with E-state index < -0.39 is 0 Å². The van der Waals surface area contributed by atoms with Gasteiger partial charge in [-0.2, -0.15) is 0 Å². The third-order valence-electron chi connectivity index (χ3n) is 3.77. The Kier molecular flexibility index (Phi) is 4.56. The molecule has 4 nitrogen and oxygen atoms in total. The van der Waals surface area contributed by atoms with Crippen molar-refractivity contribution in [3.05, 3.63) is 34.9 Å². The molecule has 0 saturated carbocycles. The summed E-state index contributed by atoms with van der Waals surface area (Å²) in [5.74, 6) is 0.107. The molecule has 4 heteroatoms. The maximum atomic E-state index is 12.2. The average molecular weight is 261 g/mol. The van der Waals surface area contributed by atoms with E-state index in [0.717, 1.165) is 19.6 Å². The first kappa shape index (κ1) is 14.0. The first-order chi connectivity index (χ1) is 9.08. The highest BCUT2D eigenvalue weighted by molar-refractivity contribution is 5.82. The summed E-state index contributed by atoms with van der Waals surface area (Å²) in [6, 6.07) is 6.28. The van der Waals surface area contributed by atoms with Crippen LogP contribution in [-0.2, 0) is 11.3 Å². The van der Waals surface area contributed by atoms with Gasteiger partial charge in [-0.25, -0.2) is 0 Å². The number of amides is 1. The second-order valence-electron chi connectivity index (χ2n) is 5.35. The van der Waals surface area contributed by atoms with E-state index in [0.29, 0.717) is 6.54 Å². The molecule has 1 amide bonds. The van der Waals surface area contributed by atoms with Gasteiger partial charge in [-0.1, -0.05) is 23.8 Å². The topological polar surface area (TPSA) is 44.4 Å². The lowest BCUT2D eigenvalue weighted by Crippen LogP contribution is -2.56. The van der Waals surface area contributed by atoms with Crippen molar-refractivity contribution in [1.29, 1.82) is 0 Å². The van der Waals surface area contributed by atoms with Crippen molar-refractivity contribution >= 4 is 5.91 Å². The van der Waals surface area contributed by atoms with Crippen molar-refractivity contribution in [1.82, 2.24) is 15.5 Å². The van der Waals surface area contributed by atoms with Crippen molar-refractivity contribution in [3.8, 4) is 0 Å². The molecule has 1 fully saturated rings. The molecule has 104 valence electrons. The van der Waals surface area contributed by atoms with Crippen LogP contribution in [0.25, 0.3) is 0 Å². The molecular weight excluding hydrogens is 238 g/mol. The molecule has 1 saturated heterocycles. The maximum absolute atomic E-state index is 12.2. The number of likely N-dealkylation sites (N-methyl/N-ethyl adjacent to an activating group) is 1. The molecule has 1 unspecified atom stereocenters. The van der Waals surface area contributed by atoms with Gasteiger partial charge in [0.05, 0.1) is 0 Å². The van der Waals surface area contributed by atoms with Crippen LogP contribution in [0.3, 0.4) is 0 Å². The number of aryl methyl sites for hydroxylation is 2. The average Bonchev–Trinajstić information content (AvgIpc) is 2.40. The number of piperazine rings is 1. The number of rotatable bonds is 3. The summed E-state index contributed by atoms with van der Waals surface area (Å²) in [5, 5.41) is 6.31. The quantitative estimate of drug-likeness (QED) is 0.847. The van der Waals surface area contributed by atoms with Crippen LogP contribution in [0, 0.1) is 13.8 Å². The van der Waals surface area contributed by atoms with Gasteiger partial charge in [0.2, 0.25) is 5.91 Å². The molecule has 1 aromatic rings. The normalized spacial score (nSPS) is 20.3. The zero-order valence-electron chi connectivity index (χ0n) is 12.0. The van der Waals surface area contributed by atoms with E-state index in [1.165, 1.54) is 16.7 Å². The molecular formula is C15H23N3O. The lowest BCUT2D eigenvalue weighted by atomic mass is 10.1. The smallest absolute Gasteiger partial charge is 0.238 e. The number of carbonyl (C=O) groups is 1. The molecule has 0 radical (unpaired) electrons. The maximum Gasteiger partial charge on any atom is 0.238 e. The van der Waals surface area contributed by atoms with E-state index in [4.69, 9.17) is 0 Å². The molecule has 2 rings (SSSR count). The molecule has 0 spiro atoms. The van der Waals surface area contributed by atoms with Crippen molar-refractivity contribution in [3.63, 3.8) is 0 Å². The standard InChI is InChI=1S/C15H23N3O/c1-11-4-5-12(2)13(8-11)9-17-15(19)14-10-16-6-7-18(14)3/h4-5,8,14,16H,6-7,9-10H2,1-3H3,(H,17,19). The van der Waals surface area contributed by atoms with Crippen LogP contribution in [0.15, 0.2) is 18.2 Å². The van der Waals surface area contributed by atoms with Crippen LogP contribution in [-0.4, -0.2) is 43.5 Å². The summed E-state index contributed by atoms with van der Waals surface area (Å²) >= 11 is 0.